The third-order valence-electron chi connectivity index (χ3n) is 3.96. The molecule has 0 aliphatic heterocycles. The summed E-state index contributed by atoms with van der Waals surface area (Å²) in [6.45, 7) is 10.4. The van der Waals surface area contributed by atoms with Crippen LogP contribution in [0.4, 0.5) is 0 Å². The lowest BCUT2D eigenvalue weighted by Crippen LogP contribution is -2.51. The van der Waals surface area contributed by atoms with E-state index in [1.54, 1.807) is 6.08 Å². The summed E-state index contributed by atoms with van der Waals surface area (Å²) in [6, 6.07) is -0.174. The molecule has 3 nitrogen and oxygen atoms in total. The fourth-order valence-corrected chi connectivity index (χ4v) is 2.92. The minimum absolute atomic E-state index is 0.0314. The molecule has 1 rings (SSSR count). The van der Waals surface area contributed by atoms with Crippen LogP contribution in [0.2, 0.25) is 0 Å². The van der Waals surface area contributed by atoms with Crippen molar-refractivity contribution in [2.75, 3.05) is 0 Å². The molecular weight excluding hydrogens is 224 g/mol. The van der Waals surface area contributed by atoms with Gasteiger partial charge >= 0.3 is 0 Å². The monoisotopic (exact) mass is 252 g/mol. The lowest BCUT2D eigenvalue weighted by atomic mass is 9.69. The second-order valence-electron chi connectivity index (χ2n) is 6.50. The highest BCUT2D eigenvalue weighted by molar-refractivity contribution is 5.81. The molecule has 18 heavy (non-hydrogen) atoms. The molecule has 0 radical (unpaired) electrons. The Morgan fingerprint density at radius 1 is 1.44 bits per heavy atom. The third kappa shape index (κ3) is 4.13. The highest BCUT2D eigenvalue weighted by Crippen LogP contribution is 2.37. The molecule has 104 valence electrons. The van der Waals surface area contributed by atoms with Gasteiger partial charge in [0.2, 0.25) is 5.91 Å². The zero-order chi connectivity index (χ0) is 13.8. The number of carbonyl (C=O) groups excluding carboxylic acids is 1. The van der Waals surface area contributed by atoms with Gasteiger partial charge < -0.3 is 11.1 Å². The summed E-state index contributed by atoms with van der Waals surface area (Å²) in [7, 11) is 0. The van der Waals surface area contributed by atoms with Gasteiger partial charge in [-0.05, 0) is 30.6 Å². The minimum Gasteiger partial charge on any atom is -0.352 e. The predicted molar refractivity (Wildman–Crippen MR) is 76.1 cm³/mol. The van der Waals surface area contributed by atoms with Crippen molar-refractivity contribution >= 4 is 5.91 Å². The van der Waals surface area contributed by atoms with Gasteiger partial charge in [-0.25, -0.2) is 0 Å². The molecule has 3 heteroatoms. The first-order valence-corrected chi connectivity index (χ1v) is 7.03. The smallest absolute Gasteiger partial charge is 0.237 e. The number of nitrogens with one attached hydrogen (secondary N) is 1. The van der Waals surface area contributed by atoms with Gasteiger partial charge in [-0.15, -0.1) is 6.58 Å². The van der Waals surface area contributed by atoms with Crippen LogP contribution < -0.4 is 11.1 Å². The highest BCUT2D eigenvalue weighted by Gasteiger charge is 2.35. The fourth-order valence-electron chi connectivity index (χ4n) is 2.92. The van der Waals surface area contributed by atoms with E-state index in [-0.39, 0.29) is 17.4 Å². The number of rotatable bonds is 4. The zero-order valence-corrected chi connectivity index (χ0v) is 12.0. The standard InChI is InChI=1S/C15H28N2O/c1-5-8-12(16)14(18)17-13-10-7-6-9-11(13)15(2,3)4/h5,11-13H,1,6-10,16H2,2-4H3,(H,17,18). The van der Waals surface area contributed by atoms with Crippen LogP contribution in [0.25, 0.3) is 0 Å². The van der Waals surface area contributed by atoms with Crippen molar-refractivity contribution in [3.63, 3.8) is 0 Å². The first-order chi connectivity index (χ1) is 8.36. The quantitative estimate of drug-likeness (QED) is 0.756. The molecule has 0 saturated heterocycles. The molecule has 1 saturated carbocycles. The van der Waals surface area contributed by atoms with E-state index in [9.17, 15) is 4.79 Å². The van der Waals surface area contributed by atoms with Crippen LogP contribution in [0.1, 0.15) is 52.9 Å². The molecule has 1 aliphatic rings. The molecular formula is C15H28N2O. The predicted octanol–water partition coefficient (Wildman–Crippen LogP) is 2.61. The molecule has 3 unspecified atom stereocenters. The van der Waals surface area contributed by atoms with Gasteiger partial charge in [0, 0.05) is 6.04 Å². The Morgan fingerprint density at radius 2 is 2.06 bits per heavy atom. The van der Waals surface area contributed by atoms with Crippen LogP contribution in [0.15, 0.2) is 12.7 Å². The third-order valence-corrected chi connectivity index (χ3v) is 3.96. The Bertz CT molecular complexity index is 293. The van der Waals surface area contributed by atoms with Crippen LogP contribution >= 0.6 is 0 Å². The molecule has 1 fully saturated rings. The fraction of sp³-hybridized carbons (Fsp3) is 0.800. The molecule has 1 amide bonds. The van der Waals surface area contributed by atoms with Crippen molar-refractivity contribution < 1.29 is 4.79 Å². The molecule has 0 aromatic heterocycles. The largest absolute Gasteiger partial charge is 0.352 e. The normalized spacial score (nSPS) is 26.4. The molecule has 3 atom stereocenters. The molecule has 0 aromatic rings. The number of amides is 1. The van der Waals surface area contributed by atoms with Crippen LogP contribution in [0.5, 0.6) is 0 Å². The second kappa shape index (κ2) is 6.37. The summed E-state index contributed by atoms with van der Waals surface area (Å²) in [5.41, 5.74) is 6.05. The topological polar surface area (TPSA) is 55.1 Å². The Morgan fingerprint density at radius 3 is 2.61 bits per heavy atom. The Labute approximate surface area is 111 Å². The maximum absolute atomic E-state index is 12.0. The summed E-state index contributed by atoms with van der Waals surface area (Å²) in [6.07, 6.45) is 6.99. The first-order valence-electron chi connectivity index (χ1n) is 7.03. The van der Waals surface area contributed by atoms with E-state index in [0.29, 0.717) is 12.3 Å². The summed E-state index contributed by atoms with van der Waals surface area (Å²) in [5, 5.41) is 3.15. The van der Waals surface area contributed by atoms with Crippen molar-refractivity contribution in [1.82, 2.24) is 5.32 Å². The summed E-state index contributed by atoms with van der Waals surface area (Å²) in [4.78, 5) is 12.0. The molecule has 0 heterocycles. The van der Waals surface area contributed by atoms with Crippen molar-refractivity contribution in [3.05, 3.63) is 12.7 Å². The maximum atomic E-state index is 12.0. The number of hydrogen-bond acceptors (Lipinski definition) is 2. The summed E-state index contributed by atoms with van der Waals surface area (Å²) < 4.78 is 0. The molecule has 0 aromatic carbocycles. The lowest BCUT2D eigenvalue weighted by Gasteiger charge is -2.41. The van der Waals surface area contributed by atoms with Gasteiger partial charge in [-0.1, -0.05) is 39.7 Å². The van der Waals surface area contributed by atoms with Gasteiger partial charge in [0.15, 0.2) is 0 Å². The second-order valence-corrected chi connectivity index (χ2v) is 6.50. The van der Waals surface area contributed by atoms with E-state index in [1.807, 2.05) is 0 Å². The molecule has 0 spiro atoms. The van der Waals surface area contributed by atoms with E-state index in [4.69, 9.17) is 5.73 Å². The average molecular weight is 252 g/mol. The minimum atomic E-state index is -0.454. The van der Waals surface area contributed by atoms with Gasteiger partial charge in [-0.2, -0.15) is 0 Å². The SMILES string of the molecule is C=CCC(N)C(=O)NC1CCCCC1C(C)(C)C. The number of hydrogen-bond donors (Lipinski definition) is 2. The highest BCUT2D eigenvalue weighted by atomic mass is 16.2. The number of carbonyl (C=O) groups is 1. The van der Waals surface area contributed by atoms with Crippen LogP contribution in [0.3, 0.4) is 0 Å². The van der Waals surface area contributed by atoms with Crippen molar-refractivity contribution in [2.45, 2.75) is 65.0 Å². The maximum Gasteiger partial charge on any atom is 0.237 e. The van der Waals surface area contributed by atoms with E-state index in [2.05, 4.69) is 32.7 Å². The van der Waals surface area contributed by atoms with Gasteiger partial charge in [0.25, 0.3) is 0 Å². The van der Waals surface area contributed by atoms with Gasteiger partial charge in [0.1, 0.15) is 0 Å². The lowest BCUT2D eigenvalue weighted by molar-refractivity contribution is -0.124. The average Bonchev–Trinajstić information content (AvgIpc) is 2.28. The van der Waals surface area contributed by atoms with Crippen LogP contribution in [-0.2, 0) is 4.79 Å². The van der Waals surface area contributed by atoms with Gasteiger partial charge in [0.05, 0.1) is 6.04 Å². The van der Waals surface area contributed by atoms with E-state index in [0.717, 1.165) is 6.42 Å². The van der Waals surface area contributed by atoms with Crippen molar-refractivity contribution in [1.29, 1.82) is 0 Å². The first kappa shape index (κ1) is 15.2. The van der Waals surface area contributed by atoms with E-state index >= 15 is 0 Å². The Balaban J connectivity index is 2.62. The van der Waals surface area contributed by atoms with Gasteiger partial charge in [-0.3, -0.25) is 4.79 Å². The van der Waals surface area contributed by atoms with Crippen molar-refractivity contribution in [2.24, 2.45) is 17.1 Å². The molecule has 1 aliphatic carbocycles. The molecule has 3 N–H and O–H groups in total. The zero-order valence-electron chi connectivity index (χ0n) is 12.0. The summed E-state index contributed by atoms with van der Waals surface area (Å²) >= 11 is 0. The Kier molecular flexibility index (Phi) is 5.39. The van der Waals surface area contributed by atoms with Crippen LogP contribution in [-0.4, -0.2) is 18.0 Å². The Hall–Kier alpha value is -0.830. The van der Waals surface area contributed by atoms with E-state index < -0.39 is 6.04 Å². The van der Waals surface area contributed by atoms with E-state index in [1.165, 1.54) is 19.3 Å². The van der Waals surface area contributed by atoms with Crippen LogP contribution in [0, 0.1) is 11.3 Å². The number of nitrogens with two attached hydrogens (primary N) is 1. The summed E-state index contributed by atoms with van der Waals surface area (Å²) in [5.74, 6) is 0.516. The molecule has 0 bridgehead atoms. The van der Waals surface area contributed by atoms with Crippen molar-refractivity contribution in [3.8, 4) is 0 Å².